The molecule has 22 heavy (non-hydrogen) atoms. The lowest BCUT2D eigenvalue weighted by Crippen LogP contribution is -2.29. The number of benzene rings is 1. The minimum Gasteiger partial charge on any atom is -0.493 e. The van der Waals surface area contributed by atoms with E-state index in [1.807, 2.05) is 12.1 Å². The topological polar surface area (TPSA) is 84.9 Å². The molecule has 6 heteroatoms. The normalized spacial score (nSPS) is 12.7. The van der Waals surface area contributed by atoms with Gasteiger partial charge in [0.25, 0.3) is 5.91 Å². The molecular formula is C16H19NO5. The molecule has 0 bridgehead atoms. The van der Waals surface area contributed by atoms with Gasteiger partial charge in [-0.25, -0.2) is 0 Å². The minimum absolute atomic E-state index is 0.120. The van der Waals surface area contributed by atoms with E-state index < -0.39 is 5.97 Å². The summed E-state index contributed by atoms with van der Waals surface area (Å²) in [6, 6.07) is 5.50. The number of carboxylic acid groups (broad SMARTS) is 1. The Balaban J connectivity index is 1.91. The van der Waals surface area contributed by atoms with Gasteiger partial charge in [0, 0.05) is 18.5 Å². The molecule has 1 heterocycles. The lowest BCUT2D eigenvalue weighted by molar-refractivity contribution is -0.137. The smallest absolute Gasteiger partial charge is 0.303 e. The van der Waals surface area contributed by atoms with Crippen LogP contribution in [0.2, 0.25) is 0 Å². The summed E-state index contributed by atoms with van der Waals surface area (Å²) in [5.41, 5.74) is 1.35. The van der Waals surface area contributed by atoms with E-state index in [-0.39, 0.29) is 18.9 Å². The Morgan fingerprint density at radius 2 is 2.18 bits per heavy atom. The number of para-hydroxylation sites is 1. The molecule has 0 spiro atoms. The molecule has 6 nitrogen and oxygen atoms in total. The van der Waals surface area contributed by atoms with Gasteiger partial charge in [-0.15, -0.1) is 0 Å². The van der Waals surface area contributed by atoms with Gasteiger partial charge >= 0.3 is 5.97 Å². The molecule has 1 aromatic carbocycles. The number of hydrogen-bond donors (Lipinski definition) is 2. The van der Waals surface area contributed by atoms with Crippen LogP contribution in [0.3, 0.4) is 0 Å². The molecule has 0 atom stereocenters. The third-order valence-corrected chi connectivity index (χ3v) is 3.33. The number of ether oxygens (including phenoxy) is 2. The summed E-state index contributed by atoms with van der Waals surface area (Å²) in [5, 5.41) is 11.3. The summed E-state index contributed by atoms with van der Waals surface area (Å²) in [7, 11) is 1.57. The van der Waals surface area contributed by atoms with Crippen LogP contribution in [0.15, 0.2) is 23.8 Å². The van der Waals surface area contributed by atoms with Crippen LogP contribution in [0.1, 0.15) is 24.8 Å². The van der Waals surface area contributed by atoms with Crippen molar-refractivity contribution in [2.75, 3.05) is 20.3 Å². The molecular weight excluding hydrogens is 286 g/mol. The zero-order valence-corrected chi connectivity index (χ0v) is 12.4. The van der Waals surface area contributed by atoms with Crippen LogP contribution in [0, 0.1) is 0 Å². The summed E-state index contributed by atoms with van der Waals surface area (Å²) in [5.74, 6) is 0.272. The van der Waals surface area contributed by atoms with Crippen LogP contribution in [-0.4, -0.2) is 37.2 Å². The Bertz CT molecular complexity index is 594. The standard InChI is InChI=1S/C16H19NO5/c1-21-13-6-4-5-11-9-12(10-22-15(11)13)16(20)17-8-3-2-7-14(18)19/h4-6,9H,2-3,7-8,10H2,1H3,(H,17,20)(H,18,19). The zero-order chi connectivity index (χ0) is 15.9. The number of methoxy groups -OCH3 is 1. The average molecular weight is 305 g/mol. The van der Waals surface area contributed by atoms with Gasteiger partial charge in [-0.05, 0) is 25.0 Å². The fourth-order valence-corrected chi connectivity index (χ4v) is 2.19. The highest BCUT2D eigenvalue weighted by atomic mass is 16.5. The summed E-state index contributed by atoms with van der Waals surface area (Å²) in [6.45, 7) is 0.642. The summed E-state index contributed by atoms with van der Waals surface area (Å²) >= 11 is 0. The first-order valence-corrected chi connectivity index (χ1v) is 7.12. The van der Waals surface area contributed by atoms with Gasteiger partial charge in [0.1, 0.15) is 6.61 Å². The van der Waals surface area contributed by atoms with Crippen molar-refractivity contribution >= 4 is 18.0 Å². The van der Waals surface area contributed by atoms with Crippen LogP contribution < -0.4 is 14.8 Å². The van der Waals surface area contributed by atoms with Crippen molar-refractivity contribution in [3.8, 4) is 11.5 Å². The maximum atomic E-state index is 12.1. The molecule has 0 radical (unpaired) electrons. The fraction of sp³-hybridized carbons (Fsp3) is 0.375. The lowest BCUT2D eigenvalue weighted by Gasteiger charge is -2.19. The number of hydrogen-bond acceptors (Lipinski definition) is 4. The Hall–Kier alpha value is -2.50. The first-order chi connectivity index (χ1) is 10.6. The molecule has 1 aliphatic rings. The van der Waals surface area contributed by atoms with Crippen molar-refractivity contribution in [3.63, 3.8) is 0 Å². The summed E-state index contributed by atoms with van der Waals surface area (Å²) in [6.07, 6.45) is 3.09. The van der Waals surface area contributed by atoms with Gasteiger partial charge in [0.2, 0.25) is 0 Å². The average Bonchev–Trinajstić information content (AvgIpc) is 2.52. The van der Waals surface area contributed by atoms with Crippen molar-refractivity contribution in [2.45, 2.75) is 19.3 Å². The van der Waals surface area contributed by atoms with Gasteiger partial charge in [-0.2, -0.15) is 0 Å². The van der Waals surface area contributed by atoms with Crippen LogP contribution in [-0.2, 0) is 9.59 Å². The maximum absolute atomic E-state index is 12.1. The fourth-order valence-electron chi connectivity index (χ4n) is 2.19. The van der Waals surface area contributed by atoms with E-state index >= 15 is 0 Å². The predicted octanol–water partition coefficient (Wildman–Crippen LogP) is 1.84. The van der Waals surface area contributed by atoms with Gasteiger partial charge in [-0.3, -0.25) is 9.59 Å². The third-order valence-electron chi connectivity index (χ3n) is 3.33. The molecule has 118 valence electrons. The van der Waals surface area contributed by atoms with Crippen molar-refractivity contribution in [1.29, 1.82) is 0 Å². The van der Waals surface area contributed by atoms with E-state index in [0.29, 0.717) is 36.5 Å². The van der Waals surface area contributed by atoms with Crippen LogP contribution in [0.4, 0.5) is 0 Å². The van der Waals surface area contributed by atoms with Crippen molar-refractivity contribution in [2.24, 2.45) is 0 Å². The summed E-state index contributed by atoms with van der Waals surface area (Å²) in [4.78, 5) is 22.4. The number of amides is 1. The second-order valence-electron chi connectivity index (χ2n) is 4.94. The molecule has 0 fully saturated rings. The quantitative estimate of drug-likeness (QED) is 0.751. The van der Waals surface area contributed by atoms with Crippen molar-refractivity contribution in [3.05, 3.63) is 29.3 Å². The van der Waals surface area contributed by atoms with Gasteiger partial charge in [-0.1, -0.05) is 12.1 Å². The number of aliphatic carboxylic acids is 1. The van der Waals surface area contributed by atoms with E-state index in [1.165, 1.54) is 0 Å². The molecule has 1 aromatic rings. The zero-order valence-electron chi connectivity index (χ0n) is 12.4. The minimum atomic E-state index is -0.819. The van der Waals surface area contributed by atoms with Crippen molar-refractivity contribution in [1.82, 2.24) is 5.32 Å². The Morgan fingerprint density at radius 1 is 1.36 bits per heavy atom. The van der Waals surface area contributed by atoms with E-state index in [2.05, 4.69) is 5.32 Å². The SMILES string of the molecule is COc1cccc2c1OCC(C(=O)NCCCCC(=O)O)=C2. The number of fused-ring (bicyclic) bond motifs is 1. The number of unbranched alkanes of at least 4 members (excludes halogenated alkanes) is 1. The molecule has 0 saturated carbocycles. The highest BCUT2D eigenvalue weighted by Crippen LogP contribution is 2.35. The predicted molar refractivity (Wildman–Crippen MR) is 81.0 cm³/mol. The van der Waals surface area contributed by atoms with Gasteiger partial charge < -0.3 is 19.9 Å². The van der Waals surface area contributed by atoms with Gasteiger partial charge in [0.05, 0.1) is 12.7 Å². The van der Waals surface area contributed by atoms with E-state index in [1.54, 1.807) is 19.3 Å². The Kier molecular flexibility index (Phi) is 5.41. The lowest BCUT2D eigenvalue weighted by atomic mass is 10.1. The Labute approximate surface area is 128 Å². The second kappa shape index (κ2) is 7.49. The highest BCUT2D eigenvalue weighted by Gasteiger charge is 2.19. The molecule has 0 aromatic heterocycles. The number of nitrogens with one attached hydrogen (secondary N) is 1. The Morgan fingerprint density at radius 3 is 2.91 bits per heavy atom. The van der Waals surface area contributed by atoms with Crippen LogP contribution >= 0.6 is 0 Å². The van der Waals surface area contributed by atoms with Gasteiger partial charge in [0.15, 0.2) is 11.5 Å². The largest absolute Gasteiger partial charge is 0.493 e. The molecule has 0 unspecified atom stereocenters. The van der Waals surface area contributed by atoms with E-state index in [0.717, 1.165) is 5.56 Å². The van der Waals surface area contributed by atoms with Crippen LogP contribution in [0.5, 0.6) is 11.5 Å². The monoisotopic (exact) mass is 305 g/mol. The molecule has 1 amide bonds. The first-order valence-electron chi connectivity index (χ1n) is 7.12. The molecule has 2 N–H and O–H groups in total. The first kappa shape index (κ1) is 15.9. The number of carbonyl (C=O) groups is 2. The second-order valence-corrected chi connectivity index (χ2v) is 4.94. The van der Waals surface area contributed by atoms with Crippen molar-refractivity contribution < 1.29 is 24.2 Å². The number of carbonyl (C=O) groups excluding carboxylic acids is 1. The summed E-state index contributed by atoms with van der Waals surface area (Å²) < 4.78 is 10.8. The molecule has 2 rings (SSSR count). The van der Waals surface area contributed by atoms with E-state index in [4.69, 9.17) is 14.6 Å². The maximum Gasteiger partial charge on any atom is 0.303 e. The third kappa shape index (κ3) is 4.00. The molecule has 0 aliphatic carbocycles. The van der Waals surface area contributed by atoms with E-state index in [9.17, 15) is 9.59 Å². The number of rotatable bonds is 7. The highest BCUT2D eigenvalue weighted by molar-refractivity contribution is 5.99. The molecule has 1 aliphatic heterocycles. The van der Waals surface area contributed by atoms with Crippen LogP contribution in [0.25, 0.3) is 6.08 Å². The number of carboxylic acids is 1. The molecule has 0 saturated heterocycles.